The summed E-state index contributed by atoms with van der Waals surface area (Å²) in [5.74, 6) is 1.61. The molecule has 0 amide bonds. The summed E-state index contributed by atoms with van der Waals surface area (Å²) in [6.45, 7) is 0. The van der Waals surface area contributed by atoms with Gasteiger partial charge >= 0.3 is 0 Å². The molecule has 0 spiro atoms. The Labute approximate surface area is 141 Å². The van der Waals surface area contributed by atoms with Gasteiger partial charge < -0.3 is 10.5 Å². The minimum atomic E-state index is 0.727. The quantitative estimate of drug-likeness (QED) is 0.479. The Morgan fingerprint density at radius 2 is 1.25 bits per heavy atom. The molecule has 116 valence electrons. The van der Waals surface area contributed by atoms with E-state index in [0.717, 1.165) is 22.7 Å². The zero-order valence-electron chi connectivity index (χ0n) is 13.1. The maximum atomic E-state index is 6.11. The number of fused-ring (bicyclic) bond motifs is 1. The minimum Gasteiger partial charge on any atom is -0.457 e. The van der Waals surface area contributed by atoms with Crippen molar-refractivity contribution in [3.8, 4) is 22.6 Å². The molecule has 0 saturated carbocycles. The van der Waals surface area contributed by atoms with E-state index < -0.39 is 0 Å². The number of ether oxygens (including phenoxy) is 1. The first-order valence-corrected chi connectivity index (χ1v) is 7.92. The third-order valence-corrected chi connectivity index (χ3v) is 4.07. The highest BCUT2D eigenvalue weighted by molar-refractivity contribution is 5.97. The first kappa shape index (κ1) is 14.3. The molecule has 0 heterocycles. The van der Waals surface area contributed by atoms with Gasteiger partial charge in [-0.15, -0.1) is 0 Å². The second kappa shape index (κ2) is 6.09. The van der Waals surface area contributed by atoms with Crippen LogP contribution >= 0.6 is 0 Å². The Morgan fingerprint density at radius 3 is 2.12 bits per heavy atom. The molecule has 0 saturated heterocycles. The lowest BCUT2D eigenvalue weighted by Crippen LogP contribution is -1.90. The van der Waals surface area contributed by atoms with Gasteiger partial charge in [0.25, 0.3) is 0 Å². The number of hydrogen-bond donors (Lipinski definition) is 1. The van der Waals surface area contributed by atoms with E-state index in [4.69, 9.17) is 10.5 Å². The van der Waals surface area contributed by atoms with Crippen molar-refractivity contribution >= 4 is 16.5 Å². The molecule has 4 rings (SSSR count). The second-order valence-corrected chi connectivity index (χ2v) is 5.69. The highest BCUT2D eigenvalue weighted by Gasteiger charge is 2.09. The first-order chi connectivity index (χ1) is 11.8. The van der Waals surface area contributed by atoms with Crippen LogP contribution < -0.4 is 10.5 Å². The average molecular weight is 311 g/mol. The van der Waals surface area contributed by atoms with Crippen LogP contribution in [0.15, 0.2) is 91.0 Å². The molecule has 0 atom stereocenters. The monoisotopic (exact) mass is 311 g/mol. The molecule has 24 heavy (non-hydrogen) atoms. The van der Waals surface area contributed by atoms with Gasteiger partial charge in [0.2, 0.25) is 0 Å². The molecular formula is C22H17NO. The summed E-state index contributed by atoms with van der Waals surface area (Å²) in [5.41, 5.74) is 8.72. The van der Waals surface area contributed by atoms with E-state index in [1.54, 1.807) is 0 Å². The molecule has 0 aromatic heterocycles. The van der Waals surface area contributed by atoms with E-state index >= 15 is 0 Å². The fourth-order valence-electron chi connectivity index (χ4n) is 2.90. The molecule has 2 N–H and O–H groups in total. The molecule has 2 heteroatoms. The molecule has 0 fully saturated rings. The van der Waals surface area contributed by atoms with Crippen molar-refractivity contribution in [2.24, 2.45) is 0 Å². The highest BCUT2D eigenvalue weighted by Crippen LogP contribution is 2.37. The summed E-state index contributed by atoms with van der Waals surface area (Å²) in [6, 6.07) is 30.3. The summed E-state index contributed by atoms with van der Waals surface area (Å²) in [4.78, 5) is 0. The third kappa shape index (κ3) is 2.70. The summed E-state index contributed by atoms with van der Waals surface area (Å²) in [7, 11) is 0. The van der Waals surface area contributed by atoms with E-state index in [1.807, 2.05) is 42.5 Å². The van der Waals surface area contributed by atoms with Gasteiger partial charge in [0.15, 0.2) is 0 Å². The van der Waals surface area contributed by atoms with E-state index in [0.29, 0.717) is 0 Å². The van der Waals surface area contributed by atoms with E-state index in [2.05, 4.69) is 48.5 Å². The van der Waals surface area contributed by atoms with Crippen LogP contribution in [0.1, 0.15) is 0 Å². The van der Waals surface area contributed by atoms with Crippen LogP contribution in [0.4, 0.5) is 5.69 Å². The lowest BCUT2D eigenvalue weighted by molar-refractivity contribution is 0.484. The fraction of sp³-hybridized carbons (Fsp3) is 0. The van der Waals surface area contributed by atoms with Gasteiger partial charge in [0.1, 0.15) is 11.5 Å². The number of rotatable bonds is 3. The van der Waals surface area contributed by atoms with Crippen molar-refractivity contribution in [2.75, 3.05) is 5.73 Å². The molecule has 0 aliphatic rings. The Kier molecular flexibility index (Phi) is 3.64. The SMILES string of the molecule is Nc1ccc(Oc2ccccc2-c2cccc3ccccc23)cc1. The van der Waals surface area contributed by atoms with Gasteiger partial charge in [-0.1, -0.05) is 60.7 Å². The summed E-state index contributed by atoms with van der Waals surface area (Å²) < 4.78 is 6.11. The molecule has 0 aliphatic carbocycles. The average Bonchev–Trinajstić information content (AvgIpc) is 2.64. The molecular weight excluding hydrogens is 294 g/mol. The van der Waals surface area contributed by atoms with Crippen LogP contribution in [0.2, 0.25) is 0 Å². The second-order valence-electron chi connectivity index (χ2n) is 5.69. The fourth-order valence-corrected chi connectivity index (χ4v) is 2.90. The standard InChI is InChI=1S/C22H17NO/c23-17-12-14-18(15-13-17)24-22-11-4-3-9-21(22)20-10-5-7-16-6-1-2-8-19(16)20/h1-15H,23H2. The first-order valence-electron chi connectivity index (χ1n) is 7.92. The maximum Gasteiger partial charge on any atom is 0.135 e. The Morgan fingerprint density at radius 1 is 0.583 bits per heavy atom. The zero-order chi connectivity index (χ0) is 16.4. The van der Waals surface area contributed by atoms with Crippen LogP contribution in [0.5, 0.6) is 11.5 Å². The van der Waals surface area contributed by atoms with Crippen molar-refractivity contribution in [3.05, 3.63) is 91.0 Å². The number of para-hydroxylation sites is 1. The summed E-state index contributed by atoms with van der Waals surface area (Å²) in [5, 5.41) is 2.44. The van der Waals surface area contributed by atoms with Crippen molar-refractivity contribution in [3.63, 3.8) is 0 Å². The number of anilines is 1. The van der Waals surface area contributed by atoms with Gasteiger partial charge in [-0.25, -0.2) is 0 Å². The minimum absolute atomic E-state index is 0.727. The molecule has 0 unspecified atom stereocenters. The van der Waals surface area contributed by atoms with Crippen LogP contribution in [0.3, 0.4) is 0 Å². The van der Waals surface area contributed by atoms with Gasteiger partial charge in [0, 0.05) is 11.3 Å². The highest BCUT2D eigenvalue weighted by atomic mass is 16.5. The lowest BCUT2D eigenvalue weighted by Gasteiger charge is -2.13. The molecule has 4 aromatic carbocycles. The van der Waals surface area contributed by atoms with Gasteiger partial charge in [-0.3, -0.25) is 0 Å². The third-order valence-electron chi connectivity index (χ3n) is 4.07. The van der Waals surface area contributed by atoms with E-state index in [1.165, 1.54) is 16.3 Å². The topological polar surface area (TPSA) is 35.2 Å². The van der Waals surface area contributed by atoms with Crippen molar-refractivity contribution in [1.82, 2.24) is 0 Å². The summed E-state index contributed by atoms with van der Waals surface area (Å²) in [6.07, 6.45) is 0. The largest absolute Gasteiger partial charge is 0.457 e. The smallest absolute Gasteiger partial charge is 0.135 e. The number of nitrogens with two attached hydrogens (primary N) is 1. The van der Waals surface area contributed by atoms with Crippen LogP contribution in [-0.4, -0.2) is 0 Å². The Balaban J connectivity index is 1.82. The predicted octanol–water partition coefficient (Wildman–Crippen LogP) is 5.88. The lowest BCUT2D eigenvalue weighted by atomic mass is 9.98. The number of nitrogen functional groups attached to an aromatic ring is 1. The molecule has 0 aliphatic heterocycles. The van der Waals surface area contributed by atoms with E-state index in [9.17, 15) is 0 Å². The van der Waals surface area contributed by atoms with Crippen LogP contribution in [0, 0.1) is 0 Å². The number of hydrogen-bond acceptors (Lipinski definition) is 2. The molecule has 4 aromatic rings. The van der Waals surface area contributed by atoms with Crippen molar-refractivity contribution in [1.29, 1.82) is 0 Å². The van der Waals surface area contributed by atoms with Crippen molar-refractivity contribution in [2.45, 2.75) is 0 Å². The van der Waals surface area contributed by atoms with Gasteiger partial charge in [-0.05, 0) is 46.7 Å². The summed E-state index contributed by atoms with van der Waals surface area (Å²) >= 11 is 0. The maximum absolute atomic E-state index is 6.11. The zero-order valence-corrected chi connectivity index (χ0v) is 13.1. The van der Waals surface area contributed by atoms with Crippen LogP contribution in [0.25, 0.3) is 21.9 Å². The molecule has 0 radical (unpaired) electrons. The van der Waals surface area contributed by atoms with Gasteiger partial charge in [-0.2, -0.15) is 0 Å². The normalized spacial score (nSPS) is 10.7. The van der Waals surface area contributed by atoms with Crippen LogP contribution in [-0.2, 0) is 0 Å². The van der Waals surface area contributed by atoms with Gasteiger partial charge in [0.05, 0.1) is 0 Å². The number of benzene rings is 4. The van der Waals surface area contributed by atoms with E-state index in [-0.39, 0.29) is 0 Å². The Hall–Kier alpha value is -3.26. The predicted molar refractivity (Wildman–Crippen MR) is 100 cm³/mol. The molecule has 0 bridgehead atoms. The van der Waals surface area contributed by atoms with Crippen molar-refractivity contribution < 1.29 is 4.74 Å². The molecule has 2 nitrogen and oxygen atoms in total. The Bertz CT molecular complexity index is 985.